The van der Waals surface area contributed by atoms with E-state index in [4.69, 9.17) is 34.8 Å². The number of fused-ring (bicyclic) bond motifs is 1. The minimum absolute atomic E-state index is 0.491. The molecule has 0 saturated carbocycles. The van der Waals surface area contributed by atoms with Crippen LogP contribution in [0.25, 0.3) is 5.65 Å². The van der Waals surface area contributed by atoms with Crippen molar-refractivity contribution in [3.05, 3.63) is 33.2 Å². The Bertz CT molecular complexity index is 524. The number of hydrogen-bond donors (Lipinski definition) is 0. The van der Waals surface area contributed by atoms with E-state index in [1.807, 2.05) is 4.40 Å². The molecule has 0 atom stereocenters. The summed E-state index contributed by atoms with van der Waals surface area (Å²) in [4.78, 5) is 4.24. The van der Waals surface area contributed by atoms with Gasteiger partial charge in [0.25, 0.3) is 0 Å². The van der Waals surface area contributed by atoms with Crippen LogP contribution in [0.5, 0.6) is 0 Å². The first-order valence-electron chi connectivity index (χ1n) is 4.72. The first-order chi connectivity index (χ1) is 7.63. The third-order valence-electron chi connectivity index (χ3n) is 2.16. The van der Waals surface area contributed by atoms with Gasteiger partial charge in [0.2, 0.25) is 0 Å². The molecule has 0 aliphatic carbocycles. The lowest BCUT2D eigenvalue weighted by atomic mass is 10.4. The summed E-state index contributed by atoms with van der Waals surface area (Å²) in [6.45, 7) is 2.10. The van der Waals surface area contributed by atoms with E-state index in [1.54, 1.807) is 24.0 Å². The standard InChI is InChI=1S/C10H9Cl3N2S/c1-2-16-5-8-10(13)14-9-3-6(11)7(12)4-15(8)9/h3-4H,2,5H2,1H3. The molecule has 16 heavy (non-hydrogen) atoms. The molecule has 0 aliphatic rings. The molecule has 2 heterocycles. The molecule has 86 valence electrons. The molecule has 2 nitrogen and oxygen atoms in total. The van der Waals surface area contributed by atoms with Crippen LogP contribution < -0.4 is 0 Å². The van der Waals surface area contributed by atoms with Crippen molar-refractivity contribution >= 4 is 52.2 Å². The Kier molecular flexibility index (Phi) is 3.90. The normalized spacial score (nSPS) is 11.2. The van der Waals surface area contributed by atoms with E-state index >= 15 is 0 Å². The second kappa shape index (κ2) is 5.05. The number of pyridine rings is 1. The quantitative estimate of drug-likeness (QED) is 0.826. The van der Waals surface area contributed by atoms with E-state index in [9.17, 15) is 0 Å². The van der Waals surface area contributed by atoms with Gasteiger partial charge in [0.15, 0.2) is 5.15 Å². The third kappa shape index (κ3) is 2.28. The summed E-state index contributed by atoms with van der Waals surface area (Å²) >= 11 is 19.8. The summed E-state index contributed by atoms with van der Waals surface area (Å²) in [5.74, 6) is 1.85. The monoisotopic (exact) mass is 294 g/mol. The maximum Gasteiger partial charge on any atom is 0.152 e. The Morgan fingerprint density at radius 1 is 1.31 bits per heavy atom. The number of hydrogen-bond acceptors (Lipinski definition) is 2. The SMILES string of the molecule is CCSCc1c(Cl)nc2cc(Cl)c(Cl)cn12. The summed E-state index contributed by atoms with van der Waals surface area (Å²) in [7, 11) is 0. The van der Waals surface area contributed by atoms with E-state index < -0.39 is 0 Å². The smallest absolute Gasteiger partial charge is 0.152 e. The summed E-state index contributed by atoms with van der Waals surface area (Å²) in [6.07, 6.45) is 1.75. The van der Waals surface area contributed by atoms with Crippen LogP contribution in [0.1, 0.15) is 12.6 Å². The van der Waals surface area contributed by atoms with Crippen LogP contribution in [-0.2, 0) is 5.75 Å². The molecule has 0 aromatic carbocycles. The second-order valence-electron chi connectivity index (χ2n) is 3.18. The Labute approximate surface area is 113 Å². The van der Waals surface area contributed by atoms with Crippen LogP contribution in [0, 0.1) is 0 Å². The zero-order valence-electron chi connectivity index (χ0n) is 8.51. The summed E-state index contributed by atoms with van der Waals surface area (Å²) in [5.41, 5.74) is 1.69. The predicted octanol–water partition coefficient (Wildman–Crippen LogP) is 4.55. The van der Waals surface area contributed by atoms with Gasteiger partial charge in [-0.25, -0.2) is 4.98 Å². The highest BCUT2D eigenvalue weighted by Gasteiger charge is 2.12. The first kappa shape index (κ1) is 12.4. The van der Waals surface area contributed by atoms with E-state index in [0.717, 1.165) is 22.8 Å². The van der Waals surface area contributed by atoms with E-state index in [2.05, 4.69) is 11.9 Å². The molecule has 0 N–H and O–H groups in total. The molecule has 0 fully saturated rings. The van der Waals surface area contributed by atoms with Crippen LogP contribution in [0.4, 0.5) is 0 Å². The van der Waals surface area contributed by atoms with E-state index in [-0.39, 0.29) is 0 Å². The molecule has 0 aliphatic heterocycles. The van der Waals surface area contributed by atoms with Crippen LogP contribution in [0.3, 0.4) is 0 Å². The number of thioether (sulfide) groups is 1. The van der Waals surface area contributed by atoms with Crippen molar-refractivity contribution in [2.45, 2.75) is 12.7 Å². The van der Waals surface area contributed by atoms with Gasteiger partial charge in [0.1, 0.15) is 5.65 Å². The zero-order chi connectivity index (χ0) is 11.7. The van der Waals surface area contributed by atoms with Crippen molar-refractivity contribution in [1.82, 2.24) is 9.38 Å². The molecule has 2 aromatic heterocycles. The van der Waals surface area contributed by atoms with E-state index in [1.165, 1.54) is 0 Å². The van der Waals surface area contributed by atoms with Crippen LogP contribution in [-0.4, -0.2) is 15.1 Å². The number of nitrogens with zero attached hydrogens (tertiary/aromatic N) is 2. The maximum atomic E-state index is 6.08. The zero-order valence-corrected chi connectivity index (χ0v) is 11.6. The van der Waals surface area contributed by atoms with Crippen molar-refractivity contribution in [3.8, 4) is 0 Å². The van der Waals surface area contributed by atoms with Crippen molar-refractivity contribution in [3.63, 3.8) is 0 Å². The van der Waals surface area contributed by atoms with Crippen molar-refractivity contribution in [2.75, 3.05) is 5.75 Å². The summed E-state index contributed by atoms with van der Waals surface area (Å²) in [5, 5.41) is 1.51. The van der Waals surface area contributed by atoms with Crippen LogP contribution >= 0.6 is 46.6 Å². The maximum absolute atomic E-state index is 6.08. The molecule has 2 aromatic rings. The highest BCUT2D eigenvalue weighted by molar-refractivity contribution is 7.98. The lowest BCUT2D eigenvalue weighted by Gasteiger charge is -2.02. The van der Waals surface area contributed by atoms with Crippen LogP contribution in [0.15, 0.2) is 12.3 Å². The molecule has 0 unspecified atom stereocenters. The lowest BCUT2D eigenvalue weighted by molar-refractivity contribution is 1.09. The molecule has 0 radical (unpaired) electrons. The Morgan fingerprint density at radius 3 is 2.75 bits per heavy atom. The molecule has 0 bridgehead atoms. The third-order valence-corrected chi connectivity index (χ3v) is 4.06. The number of rotatable bonds is 3. The van der Waals surface area contributed by atoms with Gasteiger partial charge in [-0.15, -0.1) is 0 Å². The highest BCUT2D eigenvalue weighted by Crippen LogP contribution is 2.28. The molecular formula is C10H9Cl3N2S. The molecule has 6 heteroatoms. The van der Waals surface area contributed by atoms with Crippen molar-refractivity contribution in [1.29, 1.82) is 0 Å². The van der Waals surface area contributed by atoms with Gasteiger partial charge in [-0.1, -0.05) is 41.7 Å². The lowest BCUT2D eigenvalue weighted by Crippen LogP contribution is -1.92. The van der Waals surface area contributed by atoms with Gasteiger partial charge in [-0.2, -0.15) is 11.8 Å². The minimum atomic E-state index is 0.491. The fraction of sp³-hybridized carbons (Fsp3) is 0.300. The average molecular weight is 296 g/mol. The van der Waals surface area contributed by atoms with E-state index in [0.29, 0.717) is 15.2 Å². The second-order valence-corrected chi connectivity index (χ2v) is 5.63. The Morgan fingerprint density at radius 2 is 2.06 bits per heavy atom. The minimum Gasteiger partial charge on any atom is -0.300 e. The van der Waals surface area contributed by atoms with Crippen molar-refractivity contribution in [2.24, 2.45) is 0 Å². The average Bonchev–Trinajstić information content (AvgIpc) is 2.52. The molecule has 0 amide bonds. The van der Waals surface area contributed by atoms with Gasteiger partial charge < -0.3 is 4.40 Å². The fourth-order valence-corrected chi connectivity index (χ4v) is 2.68. The largest absolute Gasteiger partial charge is 0.300 e. The number of halogens is 3. The van der Waals surface area contributed by atoms with Gasteiger partial charge in [-0.3, -0.25) is 0 Å². The summed E-state index contributed by atoms with van der Waals surface area (Å²) < 4.78 is 1.89. The van der Waals surface area contributed by atoms with Gasteiger partial charge in [-0.05, 0) is 5.75 Å². The number of aromatic nitrogens is 2. The molecule has 0 spiro atoms. The number of imidazole rings is 1. The van der Waals surface area contributed by atoms with Gasteiger partial charge in [0.05, 0.1) is 15.7 Å². The van der Waals surface area contributed by atoms with Crippen LogP contribution in [0.2, 0.25) is 15.2 Å². The first-order valence-corrected chi connectivity index (χ1v) is 7.01. The summed E-state index contributed by atoms with van der Waals surface area (Å²) in [6, 6.07) is 1.72. The molecular weight excluding hydrogens is 287 g/mol. The fourth-order valence-electron chi connectivity index (χ4n) is 1.39. The Hall–Kier alpha value is -0.0900. The topological polar surface area (TPSA) is 17.3 Å². The highest BCUT2D eigenvalue weighted by atomic mass is 35.5. The predicted molar refractivity (Wildman–Crippen MR) is 72.1 cm³/mol. The Balaban J connectivity index is 2.55. The molecule has 2 rings (SSSR count). The molecule has 0 saturated heterocycles. The van der Waals surface area contributed by atoms with Gasteiger partial charge in [0, 0.05) is 18.0 Å². The van der Waals surface area contributed by atoms with Crippen molar-refractivity contribution < 1.29 is 0 Å². The van der Waals surface area contributed by atoms with Gasteiger partial charge >= 0.3 is 0 Å².